The molecule has 8 heteroatoms. The number of fused-ring (bicyclic) bond motifs is 1. The van der Waals surface area contributed by atoms with E-state index in [2.05, 4.69) is 4.98 Å². The molecule has 8 nitrogen and oxygen atoms in total. The summed E-state index contributed by atoms with van der Waals surface area (Å²) in [5, 5.41) is 11.4. The van der Waals surface area contributed by atoms with Gasteiger partial charge in [-0.3, -0.25) is 14.0 Å². The quantitative estimate of drug-likeness (QED) is 0.368. The van der Waals surface area contributed by atoms with Crippen LogP contribution in [0.4, 0.5) is 0 Å². The Bertz CT molecular complexity index is 1220. The number of pyridine rings is 1. The fraction of sp³-hybridized carbons (Fsp3) is 0.348. The van der Waals surface area contributed by atoms with E-state index in [1.807, 2.05) is 33.2 Å². The van der Waals surface area contributed by atoms with Crippen molar-refractivity contribution in [2.24, 2.45) is 0 Å². The lowest BCUT2D eigenvalue weighted by Gasteiger charge is -2.23. The number of aliphatic hydroxyl groups excluding tert-OH is 1. The number of amides is 1. The second-order valence-corrected chi connectivity index (χ2v) is 8.33. The number of furan rings is 1. The molecule has 1 aliphatic heterocycles. The minimum absolute atomic E-state index is 0.0273. The van der Waals surface area contributed by atoms with Gasteiger partial charge in [-0.1, -0.05) is 6.07 Å². The molecular formula is C23H27N4O4+. The molecule has 0 radical (unpaired) electrons. The first-order valence-electron chi connectivity index (χ1n) is 10.3. The van der Waals surface area contributed by atoms with Crippen LogP contribution in [0.3, 0.4) is 0 Å². The predicted molar refractivity (Wildman–Crippen MR) is 115 cm³/mol. The second kappa shape index (κ2) is 7.70. The number of Topliss-reactive ketones (excluding diaryl/α,β-unsaturated/α-hetero) is 1. The van der Waals surface area contributed by atoms with E-state index in [0.717, 1.165) is 10.5 Å². The highest BCUT2D eigenvalue weighted by molar-refractivity contribution is 6.46. The number of rotatable bonds is 5. The summed E-state index contributed by atoms with van der Waals surface area (Å²) in [4.78, 5) is 33.3. The number of carbonyl (C=O) groups excluding carboxylic acids is 2. The molecule has 1 fully saturated rings. The topological polar surface area (TPSA) is 92.5 Å². The zero-order valence-corrected chi connectivity index (χ0v) is 18.4. The number of likely N-dealkylation sites (tertiary alicyclic amines) is 1. The van der Waals surface area contributed by atoms with Crippen LogP contribution in [-0.2, 0) is 9.59 Å². The van der Waals surface area contributed by atoms with Crippen LogP contribution in [0.15, 0.2) is 40.5 Å². The zero-order valence-electron chi connectivity index (χ0n) is 18.4. The molecule has 1 aliphatic rings. The molecule has 0 bridgehead atoms. The molecule has 0 aromatic carbocycles. The third-order valence-electron chi connectivity index (χ3n) is 5.67. The maximum absolute atomic E-state index is 13.1. The molecule has 0 unspecified atom stereocenters. The predicted octanol–water partition coefficient (Wildman–Crippen LogP) is 1.42. The lowest BCUT2D eigenvalue weighted by Crippen LogP contribution is -3.06. The number of aliphatic hydroxyl groups is 1. The van der Waals surface area contributed by atoms with Gasteiger partial charge in [0.2, 0.25) is 0 Å². The molecule has 3 aromatic heterocycles. The van der Waals surface area contributed by atoms with Crippen molar-refractivity contribution in [3.8, 4) is 0 Å². The summed E-state index contributed by atoms with van der Waals surface area (Å²) in [5.41, 5.74) is 2.64. The molecule has 4 rings (SSSR count). The Morgan fingerprint density at radius 1 is 1.19 bits per heavy atom. The lowest BCUT2D eigenvalue weighted by atomic mass is 10.0. The fourth-order valence-corrected chi connectivity index (χ4v) is 4.08. The maximum Gasteiger partial charge on any atom is 0.295 e. The first-order chi connectivity index (χ1) is 14.7. The molecule has 4 heterocycles. The van der Waals surface area contributed by atoms with Gasteiger partial charge in [0.15, 0.2) is 5.76 Å². The van der Waals surface area contributed by atoms with Crippen LogP contribution in [0, 0.1) is 20.8 Å². The van der Waals surface area contributed by atoms with Crippen molar-refractivity contribution < 1.29 is 24.0 Å². The van der Waals surface area contributed by atoms with Crippen LogP contribution < -0.4 is 4.90 Å². The molecule has 0 spiro atoms. The highest BCUT2D eigenvalue weighted by atomic mass is 16.3. The van der Waals surface area contributed by atoms with E-state index in [9.17, 15) is 14.7 Å². The first-order valence-corrected chi connectivity index (χ1v) is 10.3. The first kappa shape index (κ1) is 20.9. The third-order valence-corrected chi connectivity index (χ3v) is 5.67. The minimum atomic E-state index is -0.789. The Kier molecular flexibility index (Phi) is 5.18. The number of imidazole rings is 1. The molecule has 162 valence electrons. The van der Waals surface area contributed by atoms with Gasteiger partial charge in [0.05, 0.1) is 38.5 Å². The highest BCUT2D eigenvalue weighted by Crippen LogP contribution is 2.40. The summed E-state index contributed by atoms with van der Waals surface area (Å²) in [6, 6.07) is 6.53. The van der Waals surface area contributed by atoms with Gasteiger partial charge in [-0.15, -0.1) is 0 Å². The van der Waals surface area contributed by atoms with E-state index in [4.69, 9.17) is 4.42 Å². The number of aromatic nitrogens is 2. The van der Waals surface area contributed by atoms with Crippen LogP contribution in [0.25, 0.3) is 11.4 Å². The molecule has 2 N–H and O–H groups in total. The van der Waals surface area contributed by atoms with Crippen molar-refractivity contribution in [3.05, 3.63) is 64.5 Å². The van der Waals surface area contributed by atoms with Crippen molar-refractivity contribution >= 4 is 23.1 Å². The van der Waals surface area contributed by atoms with E-state index in [-0.39, 0.29) is 11.3 Å². The summed E-state index contributed by atoms with van der Waals surface area (Å²) in [6.07, 6.45) is 1.79. The van der Waals surface area contributed by atoms with Crippen molar-refractivity contribution in [3.63, 3.8) is 0 Å². The van der Waals surface area contributed by atoms with E-state index in [1.165, 1.54) is 4.90 Å². The monoisotopic (exact) mass is 423 g/mol. The van der Waals surface area contributed by atoms with Gasteiger partial charge in [0, 0.05) is 6.20 Å². The van der Waals surface area contributed by atoms with Crippen LogP contribution in [0.1, 0.15) is 34.5 Å². The Balaban J connectivity index is 1.93. The van der Waals surface area contributed by atoms with E-state index >= 15 is 0 Å². The van der Waals surface area contributed by atoms with Gasteiger partial charge in [-0.25, -0.2) is 4.98 Å². The Morgan fingerprint density at radius 2 is 1.94 bits per heavy atom. The molecule has 1 amide bonds. The van der Waals surface area contributed by atoms with Crippen LogP contribution in [-0.4, -0.2) is 58.3 Å². The summed E-state index contributed by atoms with van der Waals surface area (Å²) in [5.74, 6) is -0.473. The normalized spacial score (nSPS) is 18.6. The number of hydrogen-bond acceptors (Lipinski definition) is 5. The third kappa shape index (κ3) is 3.42. The number of nitrogens with zero attached hydrogens (tertiary/aromatic N) is 3. The zero-order chi connectivity index (χ0) is 22.4. The molecular weight excluding hydrogens is 396 g/mol. The van der Waals surface area contributed by atoms with Gasteiger partial charge >= 0.3 is 0 Å². The summed E-state index contributed by atoms with van der Waals surface area (Å²) in [7, 11) is 3.96. The second-order valence-electron chi connectivity index (χ2n) is 8.33. The number of aryl methyl sites for hydroxylation is 3. The average Bonchev–Trinajstić information content (AvgIpc) is 3.35. The Hall–Kier alpha value is -3.39. The van der Waals surface area contributed by atoms with Gasteiger partial charge in [0.1, 0.15) is 28.9 Å². The van der Waals surface area contributed by atoms with Gasteiger partial charge in [-0.05, 0) is 44.5 Å². The van der Waals surface area contributed by atoms with Crippen LogP contribution in [0.2, 0.25) is 0 Å². The number of quaternary nitrogens is 1. The van der Waals surface area contributed by atoms with Crippen molar-refractivity contribution in [2.75, 3.05) is 27.2 Å². The largest absolute Gasteiger partial charge is 0.505 e. The smallest absolute Gasteiger partial charge is 0.295 e. The van der Waals surface area contributed by atoms with Gasteiger partial charge < -0.3 is 19.3 Å². The lowest BCUT2D eigenvalue weighted by molar-refractivity contribution is -0.857. The summed E-state index contributed by atoms with van der Waals surface area (Å²) >= 11 is 0. The fourth-order valence-electron chi connectivity index (χ4n) is 4.08. The van der Waals surface area contributed by atoms with Crippen LogP contribution in [0.5, 0.6) is 0 Å². The molecule has 0 aliphatic carbocycles. The van der Waals surface area contributed by atoms with E-state index in [1.54, 1.807) is 36.6 Å². The molecule has 0 saturated carbocycles. The number of hydrogen-bond donors (Lipinski definition) is 2. The molecule has 1 atom stereocenters. The van der Waals surface area contributed by atoms with E-state index in [0.29, 0.717) is 41.6 Å². The van der Waals surface area contributed by atoms with Crippen LogP contribution >= 0.6 is 0 Å². The van der Waals surface area contributed by atoms with E-state index < -0.39 is 17.7 Å². The maximum atomic E-state index is 13.1. The summed E-state index contributed by atoms with van der Waals surface area (Å²) in [6.45, 7) is 6.52. The number of nitrogens with one attached hydrogen (secondary N) is 1. The number of ketones is 1. The minimum Gasteiger partial charge on any atom is -0.505 e. The Labute approximate surface area is 180 Å². The highest BCUT2D eigenvalue weighted by Gasteiger charge is 2.48. The molecule has 1 saturated heterocycles. The summed E-state index contributed by atoms with van der Waals surface area (Å²) < 4.78 is 7.57. The van der Waals surface area contributed by atoms with Crippen molar-refractivity contribution in [2.45, 2.75) is 26.8 Å². The number of likely N-dealkylation sites (N-methyl/N-ethyl adjacent to an activating group) is 1. The van der Waals surface area contributed by atoms with Gasteiger partial charge in [-0.2, -0.15) is 0 Å². The average molecular weight is 423 g/mol. The molecule has 3 aromatic rings. The molecule has 31 heavy (non-hydrogen) atoms. The van der Waals surface area contributed by atoms with Crippen molar-refractivity contribution in [1.29, 1.82) is 0 Å². The Morgan fingerprint density at radius 3 is 2.58 bits per heavy atom. The van der Waals surface area contributed by atoms with Gasteiger partial charge in [0.25, 0.3) is 11.7 Å². The van der Waals surface area contributed by atoms with Crippen molar-refractivity contribution in [1.82, 2.24) is 14.3 Å². The standard InChI is InChI=1S/C23H26N4O4/c1-13-7-6-10-26-18(15(3)24-22(13)26)20(28)17-19(16-9-8-14(2)31-16)27(12-11-25(4)5)23(30)21(17)29/h6-10,19,28H,11-12H2,1-5H3/p+1/b20-17+/t19-/m0/s1. The SMILES string of the molecule is Cc1ccc([C@H]2/C(=C(\O)c3c(C)nc4c(C)cccn34)C(=O)C(=O)N2CC[NH+](C)C)o1. The number of carbonyl (C=O) groups is 2.